The second-order valence-corrected chi connectivity index (χ2v) is 7.82. The summed E-state index contributed by atoms with van der Waals surface area (Å²) >= 11 is 0. The molecule has 3 aromatic carbocycles. The van der Waals surface area contributed by atoms with Gasteiger partial charge in [-0.3, -0.25) is 9.63 Å². The number of amides is 1. The Hall–Kier alpha value is -2.91. The summed E-state index contributed by atoms with van der Waals surface area (Å²) in [6.07, 6.45) is 3.46. The van der Waals surface area contributed by atoms with E-state index < -0.39 is 0 Å². The van der Waals surface area contributed by atoms with Crippen LogP contribution in [0.2, 0.25) is 0 Å². The van der Waals surface area contributed by atoms with E-state index in [1.54, 1.807) is 0 Å². The maximum atomic E-state index is 12.9. The predicted molar refractivity (Wildman–Crippen MR) is 122 cm³/mol. The largest absolute Gasteiger partial charge is 0.273 e. The van der Waals surface area contributed by atoms with Gasteiger partial charge in [-0.05, 0) is 67.3 Å². The highest BCUT2D eigenvalue weighted by molar-refractivity contribution is 5.82. The van der Waals surface area contributed by atoms with Crippen LogP contribution in [0, 0.1) is 13.8 Å². The van der Waals surface area contributed by atoms with E-state index in [1.165, 1.54) is 22.3 Å². The second kappa shape index (κ2) is 11.3. The minimum atomic E-state index is -0.212. The Morgan fingerprint density at radius 1 is 0.833 bits per heavy atom. The minimum absolute atomic E-state index is 0.0747. The summed E-state index contributed by atoms with van der Waals surface area (Å²) in [5.74, 6) is -0.286. The predicted octanol–water partition coefficient (Wildman–Crippen LogP) is 5.70. The topological polar surface area (TPSA) is 38.3 Å². The lowest BCUT2D eigenvalue weighted by atomic mass is 9.92. The van der Waals surface area contributed by atoms with Crippen molar-refractivity contribution < 1.29 is 9.63 Å². The minimum Gasteiger partial charge on any atom is -0.273 e. The molecule has 3 aromatic rings. The molecule has 0 heterocycles. The number of hydroxylamine groups is 1. The Morgan fingerprint density at radius 3 is 2.23 bits per heavy atom. The van der Waals surface area contributed by atoms with Crippen LogP contribution in [0.5, 0.6) is 0 Å². The van der Waals surface area contributed by atoms with Gasteiger partial charge in [-0.25, -0.2) is 5.48 Å². The lowest BCUT2D eigenvalue weighted by Crippen LogP contribution is -2.30. The lowest BCUT2D eigenvalue weighted by Gasteiger charge is -2.17. The average molecular weight is 402 g/mol. The van der Waals surface area contributed by atoms with Gasteiger partial charge in [0.1, 0.15) is 0 Å². The number of benzene rings is 3. The van der Waals surface area contributed by atoms with Crippen LogP contribution in [0.25, 0.3) is 0 Å². The smallest absolute Gasteiger partial charge is 0.251 e. The van der Waals surface area contributed by atoms with E-state index in [1.807, 2.05) is 36.4 Å². The summed E-state index contributed by atoms with van der Waals surface area (Å²) in [5, 5.41) is 0. The zero-order valence-electron chi connectivity index (χ0n) is 17.9. The molecule has 1 N–H and O–H groups in total. The molecule has 0 aliphatic heterocycles. The van der Waals surface area contributed by atoms with Gasteiger partial charge in [0.25, 0.3) is 5.91 Å². The summed E-state index contributed by atoms with van der Waals surface area (Å²) in [6.45, 7) is 4.68. The van der Waals surface area contributed by atoms with Crippen LogP contribution in [0.15, 0.2) is 78.9 Å². The number of nitrogens with one attached hydrogen (secondary N) is 1. The normalized spacial score (nSPS) is 11.8. The molecule has 0 fully saturated rings. The first-order valence-electron chi connectivity index (χ1n) is 10.7. The van der Waals surface area contributed by atoms with Gasteiger partial charge >= 0.3 is 0 Å². The van der Waals surface area contributed by atoms with Crippen molar-refractivity contribution in [2.24, 2.45) is 0 Å². The fourth-order valence-corrected chi connectivity index (χ4v) is 3.61. The lowest BCUT2D eigenvalue weighted by molar-refractivity contribution is -0.135. The van der Waals surface area contributed by atoms with Crippen molar-refractivity contribution in [3.05, 3.63) is 107 Å². The average Bonchev–Trinajstić information content (AvgIpc) is 2.78. The summed E-state index contributed by atoms with van der Waals surface area (Å²) in [7, 11) is 0. The van der Waals surface area contributed by atoms with Crippen LogP contribution >= 0.6 is 0 Å². The fraction of sp³-hybridized carbons (Fsp3) is 0.296. The third-order valence-electron chi connectivity index (χ3n) is 5.56. The van der Waals surface area contributed by atoms with Crippen LogP contribution in [0.4, 0.5) is 0 Å². The molecular formula is C27H31NO2. The van der Waals surface area contributed by atoms with E-state index in [2.05, 4.69) is 61.8 Å². The Balaban J connectivity index is 1.51. The number of carbonyl (C=O) groups excluding carboxylic acids is 1. The molecule has 0 saturated carbocycles. The van der Waals surface area contributed by atoms with Gasteiger partial charge in [-0.1, -0.05) is 78.9 Å². The van der Waals surface area contributed by atoms with Crippen molar-refractivity contribution in [2.75, 3.05) is 6.61 Å². The summed E-state index contributed by atoms with van der Waals surface area (Å²) in [6, 6.07) is 26.8. The quantitative estimate of drug-likeness (QED) is 0.349. The summed E-state index contributed by atoms with van der Waals surface area (Å²) in [4.78, 5) is 18.4. The first-order chi connectivity index (χ1) is 14.6. The van der Waals surface area contributed by atoms with E-state index in [0.29, 0.717) is 6.61 Å². The Bertz CT molecular complexity index is 922. The molecule has 3 heteroatoms. The zero-order valence-corrected chi connectivity index (χ0v) is 17.9. The van der Waals surface area contributed by atoms with E-state index in [0.717, 1.165) is 31.2 Å². The molecule has 3 nitrogen and oxygen atoms in total. The van der Waals surface area contributed by atoms with Gasteiger partial charge in [-0.2, -0.15) is 0 Å². The van der Waals surface area contributed by atoms with Crippen molar-refractivity contribution in [1.29, 1.82) is 0 Å². The molecule has 0 spiro atoms. The van der Waals surface area contributed by atoms with Crippen molar-refractivity contribution >= 4 is 5.91 Å². The molecule has 1 unspecified atom stereocenters. The Labute approximate surface area is 180 Å². The third kappa shape index (κ3) is 6.57. The van der Waals surface area contributed by atoms with Gasteiger partial charge in [0.2, 0.25) is 0 Å². The van der Waals surface area contributed by atoms with Crippen molar-refractivity contribution in [3.63, 3.8) is 0 Å². The van der Waals surface area contributed by atoms with Crippen molar-refractivity contribution in [3.8, 4) is 0 Å². The van der Waals surface area contributed by atoms with Crippen LogP contribution < -0.4 is 5.48 Å². The highest BCUT2D eigenvalue weighted by Gasteiger charge is 2.20. The van der Waals surface area contributed by atoms with Crippen molar-refractivity contribution in [1.82, 2.24) is 5.48 Å². The van der Waals surface area contributed by atoms with Crippen molar-refractivity contribution in [2.45, 2.75) is 45.4 Å². The third-order valence-corrected chi connectivity index (χ3v) is 5.56. The molecule has 1 amide bonds. The highest BCUT2D eigenvalue weighted by atomic mass is 16.6. The van der Waals surface area contributed by atoms with E-state index in [-0.39, 0.29) is 11.8 Å². The Morgan fingerprint density at radius 2 is 1.53 bits per heavy atom. The van der Waals surface area contributed by atoms with Crippen LogP contribution in [0.1, 0.15) is 46.6 Å². The van der Waals surface area contributed by atoms with Gasteiger partial charge in [-0.15, -0.1) is 0 Å². The van der Waals surface area contributed by atoms with Gasteiger partial charge < -0.3 is 0 Å². The molecule has 0 aliphatic carbocycles. The molecule has 30 heavy (non-hydrogen) atoms. The SMILES string of the molecule is Cc1ccc(CCONC(=O)C(CCCc2ccccc2)c2ccccc2)cc1C. The molecule has 0 bridgehead atoms. The second-order valence-electron chi connectivity index (χ2n) is 7.82. The zero-order chi connectivity index (χ0) is 21.2. The molecule has 0 aromatic heterocycles. The first kappa shape index (κ1) is 21.8. The summed E-state index contributed by atoms with van der Waals surface area (Å²) in [5.41, 5.74) is 8.80. The Kier molecular flexibility index (Phi) is 8.22. The standard InChI is InChI=1S/C27H31NO2/c1-21-16-17-24(20-22(21)2)18-19-30-28-27(29)26(25-13-7-4-8-14-25)15-9-12-23-10-5-3-6-11-23/h3-8,10-11,13-14,16-17,20,26H,9,12,15,18-19H2,1-2H3,(H,28,29). The van der Waals surface area contributed by atoms with Gasteiger partial charge in [0.15, 0.2) is 0 Å². The van der Waals surface area contributed by atoms with Gasteiger partial charge in [0.05, 0.1) is 12.5 Å². The monoisotopic (exact) mass is 401 g/mol. The van der Waals surface area contributed by atoms with Crippen LogP contribution in [0.3, 0.4) is 0 Å². The molecule has 0 radical (unpaired) electrons. The molecule has 3 rings (SSSR count). The van der Waals surface area contributed by atoms with E-state index >= 15 is 0 Å². The summed E-state index contributed by atoms with van der Waals surface area (Å²) < 4.78 is 0. The van der Waals surface area contributed by atoms with E-state index in [9.17, 15) is 4.79 Å². The maximum Gasteiger partial charge on any atom is 0.251 e. The maximum absolute atomic E-state index is 12.9. The molecule has 0 saturated heterocycles. The fourth-order valence-electron chi connectivity index (χ4n) is 3.61. The van der Waals surface area contributed by atoms with Crippen LogP contribution in [-0.2, 0) is 22.5 Å². The van der Waals surface area contributed by atoms with E-state index in [4.69, 9.17) is 4.84 Å². The number of aryl methyl sites for hydroxylation is 3. The first-order valence-corrected chi connectivity index (χ1v) is 10.7. The number of carbonyl (C=O) groups is 1. The molecule has 1 atom stereocenters. The number of hydrogen-bond donors (Lipinski definition) is 1. The van der Waals surface area contributed by atoms with Crippen LogP contribution in [-0.4, -0.2) is 12.5 Å². The molecule has 0 aliphatic rings. The molecule has 156 valence electrons. The molecular weight excluding hydrogens is 370 g/mol. The number of hydrogen-bond acceptors (Lipinski definition) is 2. The van der Waals surface area contributed by atoms with Gasteiger partial charge in [0, 0.05) is 0 Å². The highest BCUT2D eigenvalue weighted by Crippen LogP contribution is 2.23. The number of rotatable bonds is 10.